The molecule has 15 heteroatoms. The molecule has 1 saturated heterocycles. The van der Waals surface area contributed by atoms with Gasteiger partial charge < -0.3 is 21.0 Å². The Morgan fingerprint density at radius 3 is 2.88 bits per heavy atom. The highest BCUT2D eigenvalue weighted by Crippen LogP contribution is 2.41. The second kappa shape index (κ2) is 9.70. The van der Waals surface area contributed by atoms with Crippen LogP contribution < -0.4 is 11.1 Å². The van der Waals surface area contributed by atoms with Gasteiger partial charge in [-0.1, -0.05) is 16.9 Å². The Morgan fingerprint density at radius 1 is 1.48 bits per heavy atom. The fraction of sp³-hybridized carbons (Fsp3) is 0.333. The molecule has 33 heavy (non-hydrogen) atoms. The number of thiazole rings is 2. The van der Waals surface area contributed by atoms with E-state index in [0.717, 1.165) is 20.6 Å². The summed E-state index contributed by atoms with van der Waals surface area (Å²) in [6, 6.07) is -0.900. The van der Waals surface area contributed by atoms with Crippen LogP contribution in [0.25, 0.3) is 0 Å². The number of anilines is 1. The molecule has 0 radical (unpaired) electrons. The predicted octanol–water partition coefficient (Wildman–Crippen LogP) is 1.24. The monoisotopic (exact) mass is 526 g/mol. The van der Waals surface area contributed by atoms with Gasteiger partial charge in [-0.2, -0.15) is 0 Å². The number of aromatic nitrogens is 2. The van der Waals surface area contributed by atoms with Crippen molar-refractivity contribution < 1.29 is 24.3 Å². The predicted molar refractivity (Wildman–Crippen MR) is 127 cm³/mol. The number of hydrogen-bond acceptors (Lipinski definition) is 12. The van der Waals surface area contributed by atoms with E-state index >= 15 is 0 Å². The number of fused-ring (bicyclic) bond motifs is 1. The Morgan fingerprint density at radius 2 is 2.27 bits per heavy atom. The van der Waals surface area contributed by atoms with Crippen LogP contribution in [-0.4, -0.2) is 74.0 Å². The molecule has 2 aliphatic heterocycles. The van der Waals surface area contributed by atoms with Gasteiger partial charge in [0.15, 0.2) is 10.8 Å². The number of carbonyl (C=O) groups excluding carboxylic acids is 2. The second-order valence-electron chi connectivity index (χ2n) is 6.79. The molecular formula is C18H18N6O5S4. The number of carbonyl (C=O) groups is 3. The van der Waals surface area contributed by atoms with Crippen LogP contribution in [0.1, 0.15) is 10.6 Å². The first-order valence-electron chi connectivity index (χ1n) is 9.36. The van der Waals surface area contributed by atoms with Gasteiger partial charge in [0.2, 0.25) is 0 Å². The van der Waals surface area contributed by atoms with E-state index in [1.807, 2.05) is 6.26 Å². The summed E-state index contributed by atoms with van der Waals surface area (Å²) in [7, 11) is 1.28. The molecule has 2 atom stereocenters. The first-order valence-corrected chi connectivity index (χ1v) is 13.3. The van der Waals surface area contributed by atoms with Crippen molar-refractivity contribution in [3.63, 3.8) is 0 Å². The van der Waals surface area contributed by atoms with Crippen molar-refractivity contribution in [2.45, 2.75) is 22.2 Å². The first-order chi connectivity index (χ1) is 15.8. The molecule has 0 saturated carbocycles. The van der Waals surface area contributed by atoms with Crippen LogP contribution in [0, 0.1) is 0 Å². The average Bonchev–Trinajstić information content (AvgIpc) is 3.43. The van der Waals surface area contributed by atoms with E-state index in [-0.39, 0.29) is 22.2 Å². The van der Waals surface area contributed by atoms with Crippen LogP contribution in [0.4, 0.5) is 5.13 Å². The molecule has 0 bridgehead atoms. The lowest BCUT2D eigenvalue weighted by Gasteiger charge is -2.49. The quantitative estimate of drug-likeness (QED) is 0.198. The van der Waals surface area contributed by atoms with Crippen LogP contribution in [0.15, 0.2) is 32.3 Å². The van der Waals surface area contributed by atoms with Gasteiger partial charge in [-0.05, 0) is 11.8 Å². The average molecular weight is 527 g/mol. The van der Waals surface area contributed by atoms with Gasteiger partial charge >= 0.3 is 5.97 Å². The number of nitrogen functional groups attached to an aromatic ring is 1. The van der Waals surface area contributed by atoms with Crippen molar-refractivity contribution in [3.8, 4) is 0 Å². The molecule has 174 valence electrons. The number of aliphatic carboxylic acids is 1. The number of hydrogen-bond donors (Lipinski definition) is 3. The van der Waals surface area contributed by atoms with Crippen LogP contribution in [0.5, 0.6) is 0 Å². The van der Waals surface area contributed by atoms with E-state index in [9.17, 15) is 19.5 Å². The lowest BCUT2D eigenvalue weighted by Crippen LogP contribution is -2.71. The smallest absolute Gasteiger partial charge is 0.352 e. The van der Waals surface area contributed by atoms with Gasteiger partial charge in [-0.3, -0.25) is 14.5 Å². The Bertz CT molecular complexity index is 1170. The zero-order valence-electron chi connectivity index (χ0n) is 17.3. The van der Waals surface area contributed by atoms with Crippen molar-refractivity contribution >= 4 is 74.8 Å². The lowest BCUT2D eigenvalue weighted by atomic mass is 10.0. The van der Waals surface area contributed by atoms with E-state index in [1.165, 1.54) is 46.9 Å². The molecule has 11 nitrogen and oxygen atoms in total. The first kappa shape index (κ1) is 23.5. The molecular weight excluding hydrogens is 509 g/mol. The minimum atomic E-state index is -1.18. The Labute approximate surface area is 204 Å². The number of β-lactam (4-membered cyclic amide) rings is 1. The summed E-state index contributed by atoms with van der Waals surface area (Å²) in [6.07, 6.45) is 4.05. The van der Waals surface area contributed by atoms with Crippen molar-refractivity contribution in [1.82, 2.24) is 20.2 Å². The fourth-order valence-electron chi connectivity index (χ4n) is 3.40. The molecule has 4 N–H and O–H groups in total. The highest BCUT2D eigenvalue weighted by atomic mass is 32.2. The highest BCUT2D eigenvalue weighted by Gasteiger charge is 2.54. The Hall–Kier alpha value is -2.62. The van der Waals surface area contributed by atoms with Crippen molar-refractivity contribution in [3.05, 3.63) is 33.4 Å². The largest absolute Gasteiger partial charge is 0.477 e. The Kier molecular flexibility index (Phi) is 6.92. The molecule has 0 aromatic carbocycles. The van der Waals surface area contributed by atoms with Gasteiger partial charge in [0.1, 0.15) is 34.3 Å². The lowest BCUT2D eigenvalue weighted by molar-refractivity contribution is -0.150. The summed E-state index contributed by atoms with van der Waals surface area (Å²) in [5.74, 6) is -1.93. The van der Waals surface area contributed by atoms with Crippen LogP contribution in [0.3, 0.4) is 0 Å². The summed E-state index contributed by atoms with van der Waals surface area (Å²) in [5.41, 5.74) is 6.33. The number of nitrogens with one attached hydrogen (secondary N) is 1. The number of rotatable bonds is 8. The topological polar surface area (TPSA) is 160 Å². The van der Waals surface area contributed by atoms with Gasteiger partial charge in [-0.15, -0.1) is 34.4 Å². The minimum absolute atomic E-state index is 0.0357. The zero-order valence-corrected chi connectivity index (χ0v) is 20.6. The van der Waals surface area contributed by atoms with Crippen LogP contribution >= 0.6 is 46.2 Å². The molecule has 4 rings (SSSR count). The second-order valence-corrected chi connectivity index (χ2v) is 10.9. The van der Waals surface area contributed by atoms with Crippen LogP contribution in [0.2, 0.25) is 0 Å². The van der Waals surface area contributed by atoms with E-state index < -0.39 is 29.2 Å². The standard InChI is InChI=1S/C18H18N6O5S4/c1-29-23-10(9-6-32-17(19)21-9)13(25)22-11-14(26)24-12(16(27)28)7(5-31-15(11)24)3-8-4-20-18(30-2)33-8/h4,6,11,15H,3,5H2,1-2H3,(H2,19,21)(H,22,25)(H,27,28)/b23-10-. The number of carboxylic acids is 1. The van der Waals surface area contributed by atoms with E-state index in [2.05, 4.69) is 20.4 Å². The van der Waals surface area contributed by atoms with Crippen LogP contribution in [-0.2, 0) is 25.6 Å². The van der Waals surface area contributed by atoms with E-state index in [0.29, 0.717) is 17.7 Å². The molecule has 0 aliphatic carbocycles. The number of thioether (sulfide) groups is 2. The highest BCUT2D eigenvalue weighted by molar-refractivity contribution is 8.00. The number of amides is 2. The Balaban J connectivity index is 1.52. The van der Waals surface area contributed by atoms with Gasteiger partial charge in [0, 0.05) is 28.6 Å². The third-order valence-electron chi connectivity index (χ3n) is 4.79. The molecule has 2 aromatic heterocycles. The molecule has 1 fully saturated rings. The molecule has 2 unspecified atom stereocenters. The van der Waals surface area contributed by atoms with Crippen molar-refractivity contribution in [2.75, 3.05) is 24.9 Å². The maximum absolute atomic E-state index is 12.9. The normalized spacial score (nSPS) is 20.4. The summed E-state index contributed by atoms with van der Waals surface area (Å²) in [5, 5.41) is 17.4. The van der Waals surface area contributed by atoms with Crippen molar-refractivity contribution in [1.29, 1.82) is 0 Å². The molecule has 2 aromatic rings. The zero-order chi connectivity index (χ0) is 23.7. The number of carboxylic acid groups (broad SMARTS) is 1. The van der Waals surface area contributed by atoms with Crippen molar-refractivity contribution in [2.24, 2.45) is 5.16 Å². The van der Waals surface area contributed by atoms with E-state index in [1.54, 1.807) is 11.6 Å². The number of oxime groups is 1. The molecule has 4 heterocycles. The number of nitrogens with two attached hydrogens (primary N) is 1. The third-order valence-corrected chi connectivity index (χ3v) is 8.80. The van der Waals surface area contributed by atoms with Gasteiger partial charge in [0.05, 0.1) is 0 Å². The summed E-state index contributed by atoms with van der Waals surface area (Å²) >= 11 is 5.54. The molecule has 2 aliphatic rings. The third kappa shape index (κ3) is 4.58. The van der Waals surface area contributed by atoms with Gasteiger partial charge in [-0.25, -0.2) is 14.8 Å². The fourth-order valence-corrected chi connectivity index (χ4v) is 6.78. The molecule has 0 spiro atoms. The minimum Gasteiger partial charge on any atom is -0.477 e. The number of nitrogens with zero attached hydrogens (tertiary/aromatic N) is 4. The summed E-state index contributed by atoms with van der Waals surface area (Å²) < 4.78 is 0.891. The van der Waals surface area contributed by atoms with E-state index in [4.69, 9.17) is 10.6 Å². The van der Waals surface area contributed by atoms with Gasteiger partial charge in [0.25, 0.3) is 11.8 Å². The summed E-state index contributed by atoms with van der Waals surface area (Å²) in [4.78, 5) is 53.0. The maximum atomic E-state index is 12.9. The molecule has 2 amide bonds. The SMILES string of the molecule is CO/N=C(\C(=O)NC1C(=O)N2C(C(=O)O)=C(Cc3cnc(SC)s3)CSC12)c1csc(N)n1. The summed E-state index contributed by atoms with van der Waals surface area (Å²) in [6.45, 7) is 0. The maximum Gasteiger partial charge on any atom is 0.352 e.